The second-order valence-corrected chi connectivity index (χ2v) is 7.88. The lowest BCUT2D eigenvalue weighted by Gasteiger charge is -2.53. The average Bonchev–Trinajstić information content (AvgIpc) is 3.23. The molecule has 0 saturated carbocycles. The van der Waals surface area contributed by atoms with E-state index in [2.05, 4.69) is 38.2 Å². The summed E-state index contributed by atoms with van der Waals surface area (Å²) in [4.78, 5) is 26.7. The molecule has 2 saturated heterocycles. The largest absolute Gasteiger partial charge is 0.355 e. The highest BCUT2D eigenvalue weighted by Crippen LogP contribution is 2.35. The summed E-state index contributed by atoms with van der Waals surface area (Å²) in [6.07, 6.45) is 6.23. The van der Waals surface area contributed by atoms with Crippen LogP contribution in [0.15, 0.2) is 42.9 Å². The molecule has 1 amide bonds. The Hall–Kier alpha value is -3.29. The van der Waals surface area contributed by atoms with E-state index in [0.717, 1.165) is 37.6 Å². The zero-order valence-electron chi connectivity index (χ0n) is 16.6. The number of fused-ring (bicyclic) bond motifs is 1. The van der Waals surface area contributed by atoms with E-state index < -0.39 is 0 Å². The number of carbonyl (C=O) groups excluding carboxylic acids is 1. The SMILES string of the molecule is Cc1ccnc(N2CC[C@@H]3CN(C(=O)c4ccc(C)nc4-n4ccnn4)[C@@H]3C2)c1. The van der Waals surface area contributed by atoms with Gasteiger partial charge in [-0.1, -0.05) is 5.21 Å². The van der Waals surface area contributed by atoms with Crippen molar-refractivity contribution in [2.75, 3.05) is 24.5 Å². The Morgan fingerprint density at radius 3 is 2.83 bits per heavy atom. The minimum Gasteiger partial charge on any atom is -0.355 e. The lowest BCUT2D eigenvalue weighted by Crippen LogP contribution is -2.66. The van der Waals surface area contributed by atoms with Crippen LogP contribution in [0, 0.1) is 19.8 Å². The number of rotatable bonds is 3. The van der Waals surface area contributed by atoms with Crippen molar-refractivity contribution < 1.29 is 4.79 Å². The molecular formula is C21H23N7O. The highest BCUT2D eigenvalue weighted by Gasteiger charge is 2.45. The van der Waals surface area contributed by atoms with Crippen molar-refractivity contribution in [1.82, 2.24) is 29.9 Å². The van der Waals surface area contributed by atoms with E-state index in [9.17, 15) is 4.79 Å². The lowest BCUT2D eigenvalue weighted by molar-refractivity contribution is 0.00776. The summed E-state index contributed by atoms with van der Waals surface area (Å²) in [6.45, 7) is 6.57. The van der Waals surface area contributed by atoms with Crippen molar-refractivity contribution in [2.24, 2.45) is 5.92 Å². The Kier molecular flexibility index (Phi) is 4.26. The van der Waals surface area contributed by atoms with Gasteiger partial charge >= 0.3 is 0 Å². The molecular weight excluding hydrogens is 366 g/mol. The van der Waals surface area contributed by atoms with Crippen molar-refractivity contribution in [2.45, 2.75) is 26.3 Å². The van der Waals surface area contributed by atoms with Gasteiger partial charge in [-0.05, 0) is 50.1 Å². The number of piperidine rings is 1. The van der Waals surface area contributed by atoms with Gasteiger partial charge in [0.15, 0.2) is 5.82 Å². The number of hydrogen-bond acceptors (Lipinski definition) is 6. The van der Waals surface area contributed by atoms with Crippen molar-refractivity contribution in [3.8, 4) is 5.82 Å². The molecule has 29 heavy (non-hydrogen) atoms. The van der Waals surface area contributed by atoms with Crippen LogP contribution in [0.3, 0.4) is 0 Å². The number of amides is 1. The first-order chi connectivity index (χ1) is 14.1. The number of carbonyl (C=O) groups is 1. The molecule has 5 heterocycles. The Labute approximate surface area is 169 Å². The standard InChI is InChI=1S/C21H23N7O/c1-14-5-7-22-19(11-14)26-9-6-16-12-27(18(16)13-26)21(29)17-4-3-15(2)24-20(17)28-10-8-23-25-28/h3-5,7-8,10-11,16,18H,6,9,12-13H2,1-2H3/t16-,18-/m1/s1. The molecule has 0 N–H and O–H groups in total. The molecule has 2 aliphatic rings. The highest BCUT2D eigenvalue weighted by atomic mass is 16.2. The maximum Gasteiger partial charge on any atom is 0.258 e. The summed E-state index contributed by atoms with van der Waals surface area (Å²) in [7, 11) is 0. The van der Waals surface area contributed by atoms with E-state index in [0.29, 0.717) is 17.3 Å². The van der Waals surface area contributed by atoms with Crippen LogP contribution >= 0.6 is 0 Å². The summed E-state index contributed by atoms with van der Waals surface area (Å²) >= 11 is 0. The molecule has 3 aromatic rings. The van der Waals surface area contributed by atoms with Gasteiger partial charge in [-0.25, -0.2) is 14.6 Å². The van der Waals surface area contributed by atoms with Gasteiger partial charge < -0.3 is 9.80 Å². The van der Waals surface area contributed by atoms with Gasteiger partial charge in [0.2, 0.25) is 0 Å². The molecule has 0 aromatic carbocycles. The molecule has 5 rings (SSSR count). The van der Waals surface area contributed by atoms with Gasteiger partial charge in [0.1, 0.15) is 5.82 Å². The predicted molar refractivity (Wildman–Crippen MR) is 108 cm³/mol. The second-order valence-electron chi connectivity index (χ2n) is 7.88. The summed E-state index contributed by atoms with van der Waals surface area (Å²) in [5.41, 5.74) is 2.59. The second kappa shape index (κ2) is 6.95. The minimum atomic E-state index is 0.00306. The third-order valence-electron chi connectivity index (χ3n) is 5.92. The molecule has 8 nitrogen and oxygen atoms in total. The third kappa shape index (κ3) is 3.14. The van der Waals surface area contributed by atoms with Gasteiger partial charge in [-0.3, -0.25) is 4.79 Å². The number of nitrogens with zero attached hydrogens (tertiary/aromatic N) is 7. The average molecular weight is 389 g/mol. The molecule has 3 aromatic heterocycles. The Morgan fingerprint density at radius 1 is 1.14 bits per heavy atom. The highest BCUT2D eigenvalue weighted by molar-refractivity contribution is 5.98. The summed E-state index contributed by atoms with van der Waals surface area (Å²) in [6, 6.07) is 8.03. The number of anilines is 1. The van der Waals surface area contributed by atoms with Gasteiger partial charge in [0, 0.05) is 37.4 Å². The third-order valence-corrected chi connectivity index (χ3v) is 5.92. The first kappa shape index (κ1) is 17.8. The van der Waals surface area contributed by atoms with Crippen molar-refractivity contribution in [3.63, 3.8) is 0 Å². The Morgan fingerprint density at radius 2 is 2.03 bits per heavy atom. The fourth-order valence-electron chi connectivity index (χ4n) is 4.29. The summed E-state index contributed by atoms with van der Waals surface area (Å²) in [5.74, 6) is 2.07. The van der Waals surface area contributed by atoms with Crippen LogP contribution in [0.25, 0.3) is 5.82 Å². The Bertz CT molecular complexity index is 1050. The van der Waals surface area contributed by atoms with E-state index >= 15 is 0 Å². The van der Waals surface area contributed by atoms with Crippen molar-refractivity contribution >= 4 is 11.7 Å². The van der Waals surface area contributed by atoms with Crippen LogP contribution in [-0.4, -0.2) is 61.4 Å². The topological polar surface area (TPSA) is 80.0 Å². The van der Waals surface area contributed by atoms with Crippen LogP contribution in [0.1, 0.15) is 28.0 Å². The van der Waals surface area contributed by atoms with Crippen LogP contribution in [0.4, 0.5) is 5.82 Å². The van der Waals surface area contributed by atoms with E-state index in [-0.39, 0.29) is 11.9 Å². The first-order valence-corrected chi connectivity index (χ1v) is 9.93. The van der Waals surface area contributed by atoms with Gasteiger partial charge in [0.05, 0.1) is 24.0 Å². The van der Waals surface area contributed by atoms with Crippen molar-refractivity contribution in [3.05, 3.63) is 59.7 Å². The van der Waals surface area contributed by atoms with Gasteiger partial charge in [-0.15, -0.1) is 5.10 Å². The molecule has 0 spiro atoms. The minimum absolute atomic E-state index is 0.00306. The molecule has 0 bridgehead atoms. The zero-order valence-corrected chi connectivity index (χ0v) is 16.6. The molecule has 2 fully saturated rings. The number of likely N-dealkylation sites (tertiary alicyclic amines) is 1. The van der Waals surface area contributed by atoms with E-state index in [1.54, 1.807) is 17.1 Å². The number of aromatic nitrogens is 5. The summed E-state index contributed by atoms with van der Waals surface area (Å²) in [5, 5.41) is 7.89. The smallest absolute Gasteiger partial charge is 0.258 e. The first-order valence-electron chi connectivity index (χ1n) is 9.93. The monoisotopic (exact) mass is 389 g/mol. The van der Waals surface area contributed by atoms with E-state index in [4.69, 9.17) is 0 Å². The maximum absolute atomic E-state index is 13.4. The van der Waals surface area contributed by atoms with Crippen LogP contribution in [-0.2, 0) is 0 Å². The fraction of sp³-hybridized carbons (Fsp3) is 0.381. The van der Waals surface area contributed by atoms with Crippen LogP contribution in [0.2, 0.25) is 0 Å². The normalized spacial score (nSPS) is 20.9. The molecule has 0 radical (unpaired) electrons. The quantitative estimate of drug-likeness (QED) is 0.682. The molecule has 8 heteroatoms. The molecule has 148 valence electrons. The number of aryl methyl sites for hydroxylation is 2. The number of pyridine rings is 2. The predicted octanol–water partition coefficient (Wildman–Crippen LogP) is 2.03. The maximum atomic E-state index is 13.4. The molecule has 0 aliphatic carbocycles. The lowest BCUT2D eigenvalue weighted by atomic mass is 9.81. The molecule has 0 unspecified atom stereocenters. The van der Waals surface area contributed by atoms with Crippen molar-refractivity contribution in [1.29, 1.82) is 0 Å². The Balaban J connectivity index is 1.39. The van der Waals surface area contributed by atoms with Gasteiger partial charge in [0.25, 0.3) is 5.91 Å². The van der Waals surface area contributed by atoms with Crippen LogP contribution in [0.5, 0.6) is 0 Å². The van der Waals surface area contributed by atoms with Crippen LogP contribution < -0.4 is 4.90 Å². The molecule has 2 aliphatic heterocycles. The number of hydrogen-bond donors (Lipinski definition) is 0. The summed E-state index contributed by atoms with van der Waals surface area (Å²) < 4.78 is 1.56. The zero-order chi connectivity index (χ0) is 20.0. The van der Waals surface area contributed by atoms with E-state index in [1.165, 1.54) is 5.56 Å². The van der Waals surface area contributed by atoms with E-state index in [1.807, 2.05) is 36.2 Å². The fourth-order valence-corrected chi connectivity index (χ4v) is 4.29. The molecule has 2 atom stereocenters. The van der Waals surface area contributed by atoms with Gasteiger partial charge in [-0.2, -0.15) is 0 Å².